The molecule has 2 aromatic rings. The van der Waals surface area contributed by atoms with Crippen molar-refractivity contribution in [1.82, 2.24) is 0 Å². The highest BCUT2D eigenvalue weighted by Gasteiger charge is 2.10. The van der Waals surface area contributed by atoms with Crippen LogP contribution < -0.4 is 4.74 Å². The molecule has 0 fully saturated rings. The van der Waals surface area contributed by atoms with E-state index < -0.39 is 16.6 Å². The van der Waals surface area contributed by atoms with E-state index in [-0.39, 0.29) is 23.6 Å². The lowest BCUT2D eigenvalue weighted by Gasteiger charge is -2.07. The van der Waals surface area contributed by atoms with Gasteiger partial charge < -0.3 is 4.74 Å². The number of halogens is 2. The summed E-state index contributed by atoms with van der Waals surface area (Å²) in [6, 6.07) is 8.85. The van der Waals surface area contributed by atoms with E-state index in [1.807, 2.05) is 0 Å². The van der Waals surface area contributed by atoms with Crippen LogP contribution in [0.1, 0.15) is 5.56 Å². The fraction of sp³-hybridized carbons (Fsp3) is 0.0769. The van der Waals surface area contributed by atoms with Crippen LogP contribution in [0.5, 0.6) is 5.75 Å². The fourth-order valence-corrected chi connectivity index (χ4v) is 1.54. The third-order valence-electron chi connectivity index (χ3n) is 2.38. The SMILES string of the molecule is O=[N+]([O-])c1cc(F)cc(COc2ccccc2F)c1. The second-order valence-electron chi connectivity index (χ2n) is 3.79. The number of benzene rings is 2. The van der Waals surface area contributed by atoms with Gasteiger partial charge in [-0.15, -0.1) is 0 Å². The number of nitro groups is 1. The van der Waals surface area contributed by atoms with Crippen molar-refractivity contribution < 1.29 is 18.4 Å². The van der Waals surface area contributed by atoms with Crippen molar-refractivity contribution >= 4 is 5.69 Å². The van der Waals surface area contributed by atoms with Gasteiger partial charge in [0.2, 0.25) is 0 Å². The lowest BCUT2D eigenvalue weighted by atomic mass is 10.2. The van der Waals surface area contributed by atoms with E-state index in [0.717, 1.165) is 12.1 Å². The molecule has 0 spiro atoms. The zero-order valence-corrected chi connectivity index (χ0v) is 9.68. The van der Waals surface area contributed by atoms with Crippen molar-refractivity contribution in [1.29, 1.82) is 0 Å². The van der Waals surface area contributed by atoms with Gasteiger partial charge in [-0.05, 0) is 23.8 Å². The van der Waals surface area contributed by atoms with Gasteiger partial charge in [0.15, 0.2) is 11.6 Å². The summed E-state index contributed by atoms with van der Waals surface area (Å²) in [5.74, 6) is -1.27. The van der Waals surface area contributed by atoms with E-state index in [9.17, 15) is 18.9 Å². The van der Waals surface area contributed by atoms with Crippen LogP contribution >= 0.6 is 0 Å². The second-order valence-corrected chi connectivity index (χ2v) is 3.79. The third-order valence-corrected chi connectivity index (χ3v) is 2.38. The van der Waals surface area contributed by atoms with Gasteiger partial charge in [-0.3, -0.25) is 10.1 Å². The first kappa shape index (κ1) is 12.9. The molecule has 0 amide bonds. The molecule has 0 atom stereocenters. The van der Waals surface area contributed by atoms with Crippen molar-refractivity contribution in [2.75, 3.05) is 0 Å². The lowest BCUT2D eigenvalue weighted by Crippen LogP contribution is -1.99. The van der Waals surface area contributed by atoms with Crippen molar-refractivity contribution in [2.45, 2.75) is 6.61 Å². The van der Waals surface area contributed by atoms with Gasteiger partial charge in [-0.1, -0.05) is 12.1 Å². The molecule has 6 heteroatoms. The Balaban J connectivity index is 2.16. The number of nitro benzene ring substituents is 1. The molecule has 0 aliphatic heterocycles. The summed E-state index contributed by atoms with van der Waals surface area (Å²) < 4.78 is 31.6. The van der Waals surface area contributed by atoms with Gasteiger partial charge in [0.25, 0.3) is 5.69 Å². The number of hydrogen-bond donors (Lipinski definition) is 0. The summed E-state index contributed by atoms with van der Waals surface area (Å²) in [7, 11) is 0. The lowest BCUT2D eigenvalue weighted by molar-refractivity contribution is -0.385. The van der Waals surface area contributed by atoms with Crippen LogP contribution in [0.2, 0.25) is 0 Å². The van der Waals surface area contributed by atoms with Crippen LogP contribution in [0.4, 0.5) is 14.5 Å². The van der Waals surface area contributed by atoms with Crippen LogP contribution in [-0.2, 0) is 6.61 Å². The molecule has 0 aromatic heterocycles. The van der Waals surface area contributed by atoms with E-state index in [4.69, 9.17) is 4.74 Å². The van der Waals surface area contributed by atoms with Crippen molar-refractivity contribution in [3.63, 3.8) is 0 Å². The highest BCUT2D eigenvalue weighted by molar-refractivity contribution is 5.35. The Morgan fingerprint density at radius 2 is 1.89 bits per heavy atom. The maximum Gasteiger partial charge on any atom is 0.272 e. The molecule has 0 bridgehead atoms. The summed E-state index contributed by atoms with van der Waals surface area (Å²) >= 11 is 0. The van der Waals surface area contributed by atoms with E-state index in [1.54, 1.807) is 6.07 Å². The number of para-hydroxylation sites is 1. The first-order chi connectivity index (χ1) is 9.06. The van der Waals surface area contributed by atoms with Crippen LogP contribution in [0, 0.1) is 21.7 Å². The average molecular weight is 265 g/mol. The molecule has 0 saturated heterocycles. The number of non-ortho nitro benzene ring substituents is 1. The van der Waals surface area contributed by atoms with Gasteiger partial charge in [0, 0.05) is 6.07 Å². The quantitative estimate of drug-likeness (QED) is 0.628. The molecule has 2 rings (SSSR count). The summed E-state index contributed by atoms with van der Waals surface area (Å²) in [4.78, 5) is 9.87. The second kappa shape index (κ2) is 5.43. The summed E-state index contributed by atoms with van der Waals surface area (Å²) in [5, 5.41) is 10.6. The van der Waals surface area contributed by atoms with E-state index in [1.165, 1.54) is 24.3 Å². The topological polar surface area (TPSA) is 52.4 Å². The van der Waals surface area contributed by atoms with E-state index in [0.29, 0.717) is 0 Å². The number of hydrogen-bond acceptors (Lipinski definition) is 3. The molecule has 2 aromatic carbocycles. The Bertz CT molecular complexity index is 617. The molecular formula is C13H9F2NO3. The summed E-state index contributed by atoms with van der Waals surface area (Å²) in [6.07, 6.45) is 0. The standard InChI is InChI=1S/C13H9F2NO3/c14-10-5-9(6-11(7-10)16(17)18)8-19-13-4-2-1-3-12(13)15/h1-7H,8H2. The number of rotatable bonds is 4. The Morgan fingerprint density at radius 3 is 2.58 bits per heavy atom. The smallest absolute Gasteiger partial charge is 0.272 e. The van der Waals surface area contributed by atoms with E-state index >= 15 is 0 Å². The van der Waals surface area contributed by atoms with Crippen LogP contribution in [0.15, 0.2) is 42.5 Å². The zero-order chi connectivity index (χ0) is 13.8. The maximum absolute atomic E-state index is 13.3. The first-order valence-electron chi connectivity index (χ1n) is 5.37. The molecule has 4 nitrogen and oxygen atoms in total. The monoisotopic (exact) mass is 265 g/mol. The fourth-order valence-electron chi connectivity index (χ4n) is 1.54. The predicted octanol–water partition coefficient (Wildman–Crippen LogP) is 3.45. The van der Waals surface area contributed by atoms with Crippen LogP contribution in [0.25, 0.3) is 0 Å². The molecular weight excluding hydrogens is 256 g/mol. The van der Waals surface area contributed by atoms with Gasteiger partial charge in [-0.2, -0.15) is 0 Å². The minimum atomic E-state index is -0.735. The van der Waals surface area contributed by atoms with Gasteiger partial charge in [0.05, 0.1) is 11.0 Å². The molecule has 98 valence electrons. The Morgan fingerprint density at radius 1 is 1.16 bits per heavy atom. The average Bonchev–Trinajstić information content (AvgIpc) is 2.37. The van der Waals surface area contributed by atoms with Gasteiger partial charge in [-0.25, -0.2) is 8.78 Å². The summed E-state index contributed by atoms with van der Waals surface area (Å²) in [6.45, 7) is -0.153. The van der Waals surface area contributed by atoms with Crippen molar-refractivity contribution in [3.8, 4) is 5.75 Å². The van der Waals surface area contributed by atoms with Crippen LogP contribution in [-0.4, -0.2) is 4.92 Å². The number of nitrogens with zero attached hydrogens (tertiary/aromatic N) is 1. The first-order valence-corrected chi connectivity index (χ1v) is 5.37. The number of ether oxygens (including phenoxy) is 1. The molecule has 0 heterocycles. The molecule has 0 saturated carbocycles. The Hall–Kier alpha value is -2.50. The van der Waals surface area contributed by atoms with E-state index in [2.05, 4.69) is 0 Å². The largest absolute Gasteiger partial charge is 0.486 e. The molecule has 0 aliphatic rings. The minimum absolute atomic E-state index is 0.00872. The Kier molecular flexibility index (Phi) is 3.70. The highest BCUT2D eigenvalue weighted by atomic mass is 19.1. The Labute approximate surface area is 107 Å². The van der Waals surface area contributed by atoms with Crippen LogP contribution in [0.3, 0.4) is 0 Å². The molecule has 0 radical (unpaired) electrons. The summed E-state index contributed by atoms with van der Waals surface area (Å²) in [5.41, 5.74) is -0.109. The molecule has 0 N–H and O–H groups in total. The predicted molar refractivity (Wildman–Crippen MR) is 63.8 cm³/mol. The van der Waals surface area contributed by atoms with Crippen molar-refractivity contribution in [2.24, 2.45) is 0 Å². The normalized spacial score (nSPS) is 10.2. The molecule has 19 heavy (non-hydrogen) atoms. The van der Waals surface area contributed by atoms with Gasteiger partial charge in [0.1, 0.15) is 12.4 Å². The third kappa shape index (κ3) is 3.25. The highest BCUT2D eigenvalue weighted by Crippen LogP contribution is 2.20. The molecule has 0 unspecified atom stereocenters. The van der Waals surface area contributed by atoms with Gasteiger partial charge >= 0.3 is 0 Å². The maximum atomic E-state index is 13.3. The van der Waals surface area contributed by atoms with Crippen molar-refractivity contribution in [3.05, 3.63) is 69.8 Å². The molecule has 0 aliphatic carbocycles. The minimum Gasteiger partial charge on any atom is -0.486 e. The zero-order valence-electron chi connectivity index (χ0n) is 9.68.